The van der Waals surface area contributed by atoms with Crippen LogP contribution in [0, 0.1) is 13.8 Å². The first-order valence-corrected chi connectivity index (χ1v) is 7.66. The summed E-state index contributed by atoms with van der Waals surface area (Å²) in [6.45, 7) is 6.96. The minimum Gasteiger partial charge on any atom is -0.336 e. The SMILES string of the molecule is CCN(C(=O)c1ccc(C)c(C)c1)C1CCC(N)CC1. The zero-order chi connectivity index (χ0) is 14.7. The highest BCUT2D eigenvalue weighted by Crippen LogP contribution is 2.24. The van der Waals surface area contributed by atoms with Crippen LogP contribution in [0.5, 0.6) is 0 Å². The van der Waals surface area contributed by atoms with E-state index in [4.69, 9.17) is 5.73 Å². The third-order valence-electron chi connectivity index (χ3n) is 4.54. The lowest BCUT2D eigenvalue weighted by molar-refractivity contribution is 0.0640. The predicted octanol–water partition coefficient (Wildman–Crippen LogP) is 3.04. The predicted molar refractivity (Wildman–Crippen MR) is 82.9 cm³/mol. The van der Waals surface area contributed by atoms with Gasteiger partial charge in [0, 0.05) is 24.2 Å². The summed E-state index contributed by atoms with van der Waals surface area (Å²) in [7, 11) is 0. The van der Waals surface area contributed by atoms with Crippen molar-refractivity contribution in [2.45, 2.75) is 58.5 Å². The molecule has 0 heterocycles. The van der Waals surface area contributed by atoms with Gasteiger partial charge >= 0.3 is 0 Å². The van der Waals surface area contributed by atoms with Crippen LogP contribution in [0.25, 0.3) is 0 Å². The lowest BCUT2D eigenvalue weighted by atomic mass is 9.90. The molecule has 0 bridgehead atoms. The molecule has 1 aromatic carbocycles. The number of carbonyl (C=O) groups is 1. The molecule has 0 spiro atoms. The minimum atomic E-state index is 0.163. The second-order valence-electron chi connectivity index (χ2n) is 5.96. The van der Waals surface area contributed by atoms with Gasteiger partial charge in [-0.25, -0.2) is 0 Å². The summed E-state index contributed by atoms with van der Waals surface area (Å²) in [5.74, 6) is 0.163. The van der Waals surface area contributed by atoms with Crippen molar-refractivity contribution in [1.29, 1.82) is 0 Å². The third-order valence-corrected chi connectivity index (χ3v) is 4.54. The van der Waals surface area contributed by atoms with E-state index in [-0.39, 0.29) is 5.91 Å². The molecule has 0 radical (unpaired) electrons. The maximum absolute atomic E-state index is 12.7. The van der Waals surface area contributed by atoms with E-state index < -0.39 is 0 Å². The average molecular weight is 274 g/mol. The first kappa shape index (κ1) is 15.0. The van der Waals surface area contributed by atoms with Gasteiger partial charge in [-0.3, -0.25) is 4.79 Å². The molecule has 1 aromatic rings. The Morgan fingerprint density at radius 2 is 1.85 bits per heavy atom. The van der Waals surface area contributed by atoms with Crippen molar-refractivity contribution in [2.24, 2.45) is 5.73 Å². The van der Waals surface area contributed by atoms with Gasteiger partial charge in [-0.05, 0) is 69.7 Å². The van der Waals surface area contributed by atoms with E-state index in [0.717, 1.165) is 37.8 Å². The zero-order valence-electron chi connectivity index (χ0n) is 12.9. The summed E-state index contributed by atoms with van der Waals surface area (Å²) in [5, 5.41) is 0. The fourth-order valence-electron chi connectivity index (χ4n) is 3.02. The summed E-state index contributed by atoms with van der Waals surface area (Å²) in [6.07, 6.45) is 4.12. The molecule has 0 aliphatic heterocycles. The van der Waals surface area contributed by atoms with Gasteiger partial charge in [-0.2, -0.15) is 0 Å². The second-order valence-corrected chi connectivity index (χ2v) is 5.96. The minimum absolute atomic E-state index is 0.163. The Hall–Kier alpha value is -1.35. The van der Waals surface area contributed by atoms with E-state index in [1.807, 2.05) is 23.1 Å². The Kier molecular flexibility index (Phi) is 4.81. The molecule has 2 rings (SSSR count). The Balaban J connectivity index is 2.14. The van der Waals surface area contributed by atoms with E-state index >= 15 is 0 Å². The largest absolute Gasteiger partial charge is 0.336 e. The molecule has 110 valence electrons. The lowest BCUT2D eigenvalue weighted by Crippen LogP contribution is -2.44. The van der Waals surface area contributed by atoms with Crippen LogP contribution < -0.4 is 5.73 Å². The van der Waals surface area contributed by atoms with Gasteiger partial charge in [0.15, 0.2) is 0 Å². The monoisotopic (exact) mass is 274 g/mol. The van der Waals surface area contributed by atoms with Crippen LogP contribution in [0.3, 0.4) is 0 Å². The van der Waals surface area contributed by atoms with Gasteiger partial charge in [0.2, 0.25) is 0 Å². The van der Waals surface area contributed by atoms with Crippen molar-refractivity contribution in [1.82, 2.24) is 4.90 Å². The number of hydrogen-bond acceptors (Lipinski definition) is 2. The fraction of sp³-hybridized carbons (Fsp3) is 0.588. The standard InChI is InChI=1S/C17H26N2O/c1-4-19(16-9-7-15(18)8-10-16)17(20)14-6-5-12(2)13(3)11-14/h5-6,11,15-16H,4,7-10,18H2,1-3H3. The normalized spacial score (nSPS) is 22.6. The molecule has 1 fully saturated rings. The van der Waals surface area contributed by atoms with Crippen LogP contribution in [0.2, 0.25) is 0 Å². The molecule has 0 saturated heterocycles. The van der Waals surface area contributed by atoms with Gasteiger partial charge in [0.1, 0.15) is 0 Å². The molecular weight excluding hydrogens is 248 g/mol. The van der Waals surface area contributed by atoms with Crippen molar-refractivity contribution in [3.8, 4) is 0 Å². The lowest BCUT2D eigenvalue weighted by Gasteiger charge is -2.35. The highest BCUT2D eigenvalue weighted by Gasteiger charge is 2.27. The summed E-state index contributed by atoms with van der Waals surface area (Å²) < 4.78 is 0. The Labute approximate surface area is 122 Å². The van der Waals surface area contributed by atoms with Gasteiger partial charge in [0.05, 0.1) is 0 Å². The molecule has 1 aliphatic carbocycles. The molecule has 0 unspecified atom stereocenters. The Bertz CT molecular complexity index is 476. The van der Waals surface area contributed by atoms with Gasteiger partial charge in [0.25, 0.3) is 5.91 Å². The van der Waals surface area contributed by atoms with Crippen LogP contribution in [0.1, 0.15) is 54.1 Å². The fourth-order valence-corrected chi connectivity index (χ4v) is 3.02. The topological polar surface area (TPSA) is 46.3 Å². The van der Waals surface area contributed by atoms with Crippen molar-refractivity contribution in [2.75, 3.05) is 6.54 Å². The van der Waals surface area contributed by atoms with Gasteiger partial charge in [-0.1, -0.05) is 6.07 Å². The molecule has 1 amide bonds. The molecule has 0 aromatic heterocycles. The highest BCUT2D eigenvalue weighted by molar-refractivity contribution is 5.94. The molecule has 2 N–H and O–H groups in total. The van der Waals surface area contributed by atoms with Crippen LogP contribution in [-0.2, 0) is 0 Å². The number of hydrogen-bond donors (Lipinski definition) is 1. The zero-order valence-corrected chi connectivity index (χ0v) is 12.9. The van der Waals surface area contributed by atoms with Crippen LogP contribution in [0.4, 0.5) is 0 Å². The summed E-state index contributed by atoms with van der Waals surface area (Å²) in [5.41, 5.74) is 9.18. The van der Waals surface area contributed by atoms with E-state index in [1.54, 1.807) is 0 Å². The Morgan fingerprint density at radius 1 is 1.20 bits per heavy atom. The number of carbonyl (C=O) groups excluding carboxylic acids is 1. The molecule has 0 atom stereocenters. The van der Waals surface area contributed by atoms with E-state index in [1.165, 1.54) is 11.1 Å². The number of aryl methyl sites for hydroxylation is 2. The van der Waals surface area contributed by atoms with Crippen molar-refractivity contribution >= 4 is 5.91 Å². The summed E-state index contributed by atoms with van der Waals surface area (Å²) in [6, 6.07) is 6.67. The molecule has 3 heteroatoms. The average Bonchev–Trinajstić information content (AvgIpc) is 2.44. The van der Waals surface area contributed by atoms with Crippen LogP contribution in [0.15, 0.2) is 18.2 Å². The van der Waals surface area contributed by atoms with E-state index in [0.29, 0.717) is 12.1 Å². The first-order valence-electron chi connectivity index (χ1n) is 7.66. The van der Waals surface area contributed by atoms with Crippen LogP contribution in [-0.4, -0.2) is 29.4 Å². The van der Waals surface area contributed by atoms with Crippen LogP contribution >= 0.6 is 0 Å². The maximum Gasteiger partial charge on any atom is 0.254 e. The number of benzene rings is 1. The molecule has 1 saturated carbocycles. The maximum atomic E-state index is 12.7. The van der Waals surface area contributed by atoms with Crippen molar-refractivity contribution in [3.63, 3.8) is 0 Å². The van der Waals surface area contributed by atoms with Gasteiger partial charge < -0.3 is 10.6 Å². The second kappa shape index (κ2) is 6.40. The van der Waals surface area contributed by atoms with E-state index in [9.17, 15) is 4.79 Å². The molecule has 20 heavy (non-hydrogen) atoms. The molecule has 3 nitrogen and oxygen atoms in total. The Morgan fingerprint density at radius 3 is 2.40 bits per heavy atom. The summed E-state index contributed by atoms with van der Waals surface area (Å²) >= 11 is 0. The number of rotatable bonds is 3. The number of nitrogens with two attached hydrogens (primary N) is 1. The van der Waals surface area contributed by atoms with Gasteiger partial charge in [-0.15, -0.1) is 0 Å². The number of nitrogens with zero attached hydrogens (tertiary/aromatic N) is 1. The highest BCUT2D eigenvalue weighted by atomic mass is 16.2. The third kappa shape index (κ3) is 3.21. The molecular formula is C17H26N2O. The summed E-state index contributed by atoms with van der Waals surface area (Å²) in [4.78, 5) is 14.7. The smallest absolute Gasteiger partial charge is 0.254 e. The quantitative estimate of drug-likeness (QED) is 0.921. The first-order chi connectivity index (χ1) is 9.52. The molecule has 1 aliphatic rings. The number of amides is 1. The van der Waals surface area contributed by atoms with Crippen molar-refractivity contribution < 1.29 is 4.79 Å². The van der Waals surface area contributed by atoms with E-state index in [2.05, 4.69) is 20.8 Å². The van der Waals surface area contributed by atoms with Crippen molar-refractivity contribution in [3.05, 3.63) is 34.9 Å².